The smallest absolute Gasteiger partial charge is 0.417 e. The number of nitrogens with zero attached hydrogens (tertiary/aromatic N) is 3. The molecule has 3 rings (SSSR count). The first kappa shape index (κ1) is 33.1. The Balaban J connectivity index is 2.19. The van der Waals surface area contributed by atoms with E-state index in [0.717, 1.165) is 24.4 Å². The molecule has 0 aliphatic carbocycles. The van der Waals surface area contributed by atoms with E-state index in [4.69, 9.17) is 0 Å². The van der Waals surface area contributed by atoms with Gasteiger partial charge >= 0.3 is 12.3 Å². The second-order valence-electron chi connectivity index (χ2n) is 10.6. The predicted molar refractivity (Wildman–Crippen MR) is 149 cm³/mol. The summed E-state index contributed by atoms with van der Waals surface area (Å²) in [7, 11) is -4.12. The monoisotopic (exact) mass is 630 g/mol. The first-order valence-electron chi connectivity index (χ1n) is 12.6. The number of thiazole rings is 1. The second kappa shape index (κ2) is 12.1. The Bertz CT molecular complexity index is 1640. The summed E-state index contributed by atoms with van der Waals surface area (Å²) in [5.41, 5.74) is -2.50. The summed E-state index contributed by atoms with van der Waals surface area (Å²) in [4.78, 5) is 33.0. The number of amides is 2. The van der Waals surface area contributed by atoms with E-state index in [1.807, 2.05) is 0 Å². The topological polar surface area (TPSA) is 142 Å². The van der Waals surface area contributed by atoms with Gasteiger partial charge < -0.3 is 10.2 Å². The largest absolute Gasteiger partial charge is 0.464 e. The molecule has 0 fully saturated rings. The lowest BCUT2D eigenvalue weighted by Crippen LogP contribution is -2.29. The van der Waals surface area contributed by atoms with Gasteiger partial charge in [-0.15, -0.1) is 15.7 Å². The Kier molecular flexibility index (Phi) is 9.49. The predicted octanol–water partition coefficient (Wildman–Crippen LogP) is 6.62. The second-order valence-corrected chi connectivity index (χ2v) is 13.7. The summed E-state index contributed by atoms with van der Waals surface area (Å²) in [6.45, 7) is 9.50. The summed E-state index contributed by atoms with van der Waals surface area (Å²) in [5.74, 6) is -2.97. The van der Waals surface area contributed by atoms with Crippen LogP contribution in [0.1, 0.15) is 80.8 Å². The van der Waals surface area contributed by atoms with Gasteiger partial charge in [-0.3, -0.25) is 4.79 Å². The van der Waals surface area contributed by atoms with E-state index in [9.17, 15) is 37.2 Å². The first-order chi connectivity index (χ1) is 19.2. The number of hydrogen-bond donors (Lipinski definition) is 3. The van der Waals surface area contributed by atoms with Crippen LogP contribution >= 0.6 is 11.3 Å². The molecule has 0 saturated heterocycles. The standard InChI is InChI=1S/C27H30F4N4O5S2/c1-13(2)20-17(11-18(36)34-42(40,35-25(37)38)19-12-32-24(41-19)26(5,6)39)22(14(3)4)33-23(21(20)28)15-8-7-9-16(10-15)27(29,30)31/h7-10,12-14,39H,11H2,1-6H3,(H,37,38)(H,34,35,36,40). The van der Waals surface area contributed by atoms with Gasteiger partial charge in [-0.05, 0) is 48.9 Å². The van der Waals surface area contributed by atoms with Gasteiger partial charge in [0, 0.05) is 11.3 Å². The van der Waals surface area contributed by atoms with E-state index in [2.05, 4.69) is 14.3 Å². The molecule has 2 heterocycles. The molecule has 2 aromatic heterocycles. The molecule has 15 heteroatoms. The quantitative estimate of drug-likeness (QED) is 0.238. The van der Waals surface area contributed by atoms with Crippen molar-refractivity contribution in [2.45, 2.75) is 75.8 Å². The molecule has 3 N–H and O–H groups in total. The van der Waals surface area contributed by atoms with Gasteiger partial charge in [-0.25, -0.2) is 28.1 Å². The number of carbonyl (C=O) groups is 2. The molecule has 1 aromatic carbocycles. The summed E-state index contributed by atoms with van der Waals surface area (Å²) in [5, 5.41) is 19.6. The van der Waals surface area contributed by atoms with Crippen molar-refractivity contribution in [3.8, 4) is 11.3 Å². The molecule has 1 atom stereocenters. The number of halogens is 4. The van der Waals surface area contributed by atoms with E-state index < -0.39 is 63.3 Å². The van der Waals surface area contributed by atoms with Crippen LogP contribution in [0.5, 0.6) is 0 Å². The third-order valence-corrected chi connectivity index (χ3v) is 9.56. The van der Waals surface area contributed by atoms with Crippen molar-refractivity contribution >= 4 is 33.3 Å². The highest BCUT2D eigenvalue weighted by Gasteiger charge is 2.32. The number of aromatic nitrogens is 2. The van der Waals surface area contributed by atoms with Gasteiger partial charge in [0.15, 0.2) is 15.7 Å². The Morgan fingerprint density at radius 3 is 2.29 bits per heavy atom. The highest BCUT2D eigenvalue weighted by Crippen LogP contribution is 2.37. The number of carbonyl (C=O) groups excluding carboxylic acids is 1. The van der Waals surface area contributed by atoms with Crippen LogP contribution in [0.4, 0.5) is 22.4 Å². The molecule has 2 amide bonds. The van der Waals surface area contributed by atoms with Crippen molar-refractivity contribution in [1.29, 1.82) is 0 Å². The van der Waals surface area contributed by atoms with Crippen LogP contribution < -0.4 is 4.72 Å². The maximum atomic E-state index is 16.0. The number of rotatable bonds is 8. The zero-order chi connectivity index (χ0) is 31.8. The summed E-state index contributed by atoms with van der Waals surface area (Å²) >= 11 is 0.697. The number of aliphatic hydroxyl groups is 1. The molecule has 42 heavy (non-hydrogen) atoms. The van der Waals surface area contributed by atoms with Gasteiger partial charge in [0.25, 0.3) is 5.91 Å². The molecular weight excluding hydrogens is 600 g/mol. The number of hydrogen-bond acceptors (Lipinski definition) is 7. The average Bonchev–Trinajstić information content (AvgIpc) is 3.35. The SMILES string of the molecule is CC(C)c1nc(-c2cccc(C(F)(F)F)c2)c(F)c(C(C)C)c1CC(=O)N=S(=O)(NC(=O)O)c1cnc(C(C)(C)O)s1. The van der Waals surface area contributed by atoms with Crippen molar-refractivity contribution in [2.75, 3.05) is 0 Å². The minimum absolute atomic E-state index is 0.0180. The van der Waals surface area contributed by atoms with Crippen molar-refractivity contribution in [1.82, 2.24) is 14.7 Å². The van der Waals surface area contributed by atoms with Crippen LogP contribution in [-0.4, -0.2) is 36.4 Å². The zero-order valence-corrected chi connectivity index (χ0v) is 25.2. The van der Waals surface area contributed by atoms with Gasteiger partial charge in [0.05, 0.1) is 18.2 Å². The molecule has 0 aliphatic heterocycles. The van der Waals surface area contributed by atoms with Crippen molar-refractivity contribution < 1.29 is 41.6 Å². The van der Waals surface area contributed by atoms with Gasteiger partial charge in [0.1, 0.15) is 20.5 Å². The van der Waals surface area contributed by atoms with E-state index in [0.29, 0.717) is 11.3 Å². The van der Waals surface area contributed by atoms with Crippen molar-refractivity contribution in [3.63, 3.8) is 0 Å². The maximum Gasteiger partial charge on any atom is 0.417 e. The Hall–Kier alpha value is -3.43. The first-order valence-corrected chi connectivity index (χ1v) is 15.0. The fourth-order valence-electron chi connectivity index (χ4n) is 4.17. The molecule has 228 valence electrons. The summed E-state index contributed by atoms with van der Waals surface area (Å²) in [6.07, 6.45) is -5.98. The fraction of sp³-hybridized carbons (Fsp3) is 0.407. The zero-order valence-electron chi connectivity index (χ0n) is 23.5. The van der Waals surface area contributed by atoms with Gasteiger partial charge in [-0.1, -0.05) is 39.8 Å². The van der Waals surface area contributed by atoms with Crippen LogP contribution in [0.3, 0.4) is 0 Å². The number of pyridine rings is 1. The van der Waals surface area contributed by atoms with Crippen molar-refractivity contribution in [2.24, 2.45) is 4.36 Å². The highest BCUT2D eigenvalue weighted by atomic mass is 32.2. The Morgan fingerprint density at radius 2 is 1.79 bits per heavy atom. The van der Waals surface area contributed by atoms with Gasteiger partial charge in [0.2, 0.25) is 0 Å². The highest BCUT2D eigenvalue weighted by molar-refractivity contribution is 7.94. The molecule has 0 saturated carbocycles. The van der Waals surface area contributed by atoms with E-state index >= 15 is 4.39 Å². The van der Waals surface area contributed by atoms with E-state index in [1.54, 1.807) is 32.4 Å². The summed E-state index contributed by atoms with van der Waals surface area (Å²) < 4.78 is 74.9. The van der Waals surface area contributed by atoms with Crippen molar-refractivity contribution in [3.05, 3.63) is 63.7 Å². The van der Waals surface area contributed by atoms with Crippen LogP contribution in [0, 0.1) is 5.82 Å². The number of alkyl halides is 3. The Morgan fingerprint density at radius 1 is 1.14 bits per heavy atom. The van der Waals surface area contributed by atoms with Crippen LogP contribution in [0.2, 0.25) is 0 Å². The average molecular weight is 631 g/mol. The lowest BCUT2D eigenvalue weighted by Gasteiger charge is -2.21. The lowest BCUT2D eigenvalue weighted by molar-refractivity contribution is -0.137. The molecule has 3 aromatic rings. The molecule has 0 radical (unpaired) electrons. The molecule has 0 bridgehead atoms. The van der Waals surface area contributed by atoms with Crippen LogP contribution in [0.15, 0.2) is 39.0 Å². The maximum absolute atomic E-state index is 16.0. The molecule has 1 unspecified atom stereocenters. The number of carboxylic acid groups (broad SMARTS) is 1. The fourth-order valence-corrected chi connectivity index (χ4v) is 6.76. The third kappa shape index (κ3) is 7.31. The molecular formula is C27H30F4N4O5S2. The van der Waals surface area contributed by atoms with E-state index in [1.165, 1.54) is 19.9 Å². The van der Waals surface area contributed by atoms with Crippen LogP contribution in [-0.2, 0) is 32.9 Å². The normalized spacial score (nSPS) is 13.7. The number of benzene rings is 1. The van der Waals surface area contributed by atoms with E-state index in [-0.39, 0.29) is 37.3 Å². The lowest BCUT2D eigenvalue weighted by atomic mass is 9.88. The summed E-state index contributed by atoms with van der Waals surface area (Å²) in [6, 6.07) is 4.11. The molecule has 0 aliphatic rings. The molecule has 0 spiro atoms. The van der Waals surface area contributed by atoms with Crippen LogP contribution in [0.25, 0.3) is 11.3 Å². The molecule has 9 nitrogen and oxygen atoms in total. The number of nitrogens with one attached hydrogen (secondary N) is 1. The minimum atomic E-state index is -4.66. The Labute approximate surface area is 244 Å². The van der Waals surface area contributed by atoms with Gasteiger partial charge in [-0.2, -0.15) is 13.2 Å². The minimum Gasteiger partial charge on any atom is -0.464 e. The third-order valence-electron chi connectivity index (χ3n) is 5.96.